The number of nitrogens with one attached hydrogen (secondary N) is 1. The van der Waals surface area contributed by atoms with Crippen molar-refractivity contribution in [3.63, 3.8) is 0 Å². The molecule has 1 rings (SSSR count). The molecule has 0 unspecified atom stereocenters. The van der Waals surface area contributed by atoms with Crippen molar-refractivity contribution in [2.24, 2.45) is 12.8 Å². The van der Waals surface area contributed by atoms with Crippen LogP contribution < -0.4 is 10.5 Å². The number of hydrogen-bond acceptors (Lipinski definition) is 5. The first kappa shape index (κ1) is 12.0. The fourth-order valence-electron chi connectivity index (χ4n) is 0.878. The van der Waals surface area contributed by atoms with E-state index in [0.29, 0.717) is 5.82 Å². The number of aryl methyl sites for hydroxylation is 1. The molecule has 9 heteroatoms. The van der Waals surface area contributed by atoms with E-state index in [9.17, 15) is 8.42 Å². The van der Waals surface area contributed by atoms with E-state index in [1.165, 1.54) is 11.0 Å². The van der Waals surface area contributed by atoms with E-state index in [-0.39, 0.29) is 17.3 Å². The van der Waals surface area contributed by atoms with Gasteiger partial charge in [-0.15, -0.1) is 0 Å². The van der Waals surface area contributed by atoms with Gasteiger partial charge >= 0.3 is 0 Å². The van der Waals surface area contributed by atoms with Crippen molar-refractivity contribution in [3.05, 3.63) is 12.2 Å². The molecule has 7 nitrogen and oxygen atoms in total. The van der Waals surface area contributed by atoms with Crippen LogP contribution in [0.1, 0.15) is 5.82 Å². The topological polar surface area (TPSA) is 103 Å². The van der Waals surface area contributed by atoms with E-state index in [4.69, 9.17) is 5.73 Å². The second-order valence-electron chi connectivity index (χ2n) is 2.88. The van der Waals surface area contributed by atoms with E-state index in [2.05, 4.69) is 27.0 Å². The Balaban J connectivity index is 2.53. The summed E-state index contributed by atoms with van der Waals surface area (Å²) in [4.78, 5) is 3.79. The van der Waals surface area contributed by atoms with Gasteiger partial charge in [-0.1, -0.05) is 12.2 Å². The normalized spacial score (nSPS) is 11.5. The molecular weight excluding hydrogens is 238 g/mol. The molecule has 1 heterocycles. The second kappa shape index (κ2) is 4.64. The summed E-state index contributed by atoms with van der Waals surface area (Å²) in [7, 11) is -1.78. The molecule has 1 aromatic rings. The van der Waals surface area contributed by atoms with Crippen molar-refractivity contribution in [2.45, 2.75) is 6.54 Å². The fraction of sp³-hybridized carbons (Fsp3) is 0.500. The van der Waals surface area contributed by atoms with Crippen LogP contribution in [-0.2, 0) is 23.6 Å². The van der Waals surface area contributed by atoms with Crippen LogP contribution in [0.5, 0.6) is 0 Å². The van der Waals surface area contributed by atoms with E-state index in [1.54, 1.807) is 7.05 Å². The lowest BCUT2D eigenvalue weighted by molar-refractivity contribution is 0.582. The average molecular weight is 249 g/mol. The van der Waals surface area contributed by atoms with Gasteiger partial charge in [0.15, 0.2) is 5.82 Å². The van der Waals surface area contributed by atoms with Crippen LogP contribution in [0, 0.1) is 0 Å². The van der Waals surface area contributed by atoms with Gasteiger partial charge in [0.25, 0.3) is 0 Å². The SMILES string of the molecule is Cn1cnc(CNS(=O)(=O)CC(N)=S)n1. The largest absolute Gasteiger partial charge is 0.392 e. The molecule has 0 aliphatic heterocycles. The lowest BCUT2D eigenvalue weighted by Gasteiger charge is -2.02. The van der Waals surface area contributed by atoms with Gasteiger partial charge in [-0.3, -0.25) is 4.68 Å². The van der Waals surface area contributed by atoms with Crippen molar-refractivity contribution in [1.82, 2.24) is 19.5 Å². The molecule has 0 saturated carbocycles. The summed E-state index contributed by atoms with van der Waals surface area (Å²) < 4.78 is 26.3. The molecular formula is C6H11N5O2S2. The van der Waals surface area contributed by atoms with Gasteiger partial charge in [-0.05, 0) is 0 Å². The molecule has 84 valence electrons. The standard InChI is InChI=1S/C6H11N5O2S2/c1-11-4-8-6(10-11)2-9-15(12,13)3-5(7)14/h4,9H,2-3H2,1H3,(H2,7,14). The number of rotatable bonds is 5. The number of nitrogens with two attached hydrogens (primary N) is 1. The number of aromatic nitrogens is 3. The first-order valence-corrected chi connectivity index (χ1v) is 6.05. The Hall–Kier alpha value is -1.06. The maximum Gasteiger partial charge on any atom is 0.218 e. The quantitative estimate of drug-likeness (QED) is 0.617. The molecule has 0 radical (unpaired) electrons. The predicted octanol–water partition coefficient (Wildman–Crippen LogP) is -1.48. The highest BCUT2D eigenvalue weighted by atomic mass is 32.2. The average Bonchev–Trinajstić information content (AvgIpc) is 2.46. The van der Waals surface area contributed by atoms with Crippen LogP contribution in [0.15, 0.2) is 6.33 Å². The van der Waals surface area contributed by atoms with E-state index >= 15 is 0 Å². The highest BCUT2D eigenvalue weighted by Crippen LogP contribution is 1.91. The third kappa shape index (κ3) is 4.32. The van der Waals surface area contributed by atoms with Gasteiger partial charge in [0.1, 0.15) is 12.1 Å². The number of sulfonamides is 1. The Kier molecular flexibility index (Phi) is 3.72. The van der Waals surface area contributed by atoms with Gasteiger partial charge in [0.2, 0.25) is 10.0 Å². The first-order valence-electron chi connectivity index (χ1n) is 3.99. The van der Waals surface area contributed by atoms with Gasteiger partial charge in [0, 0.05) is 7.05 Å². The van der Waals surface area contributed by atoms with Crippen molar-refractivity contribution in [1.29, 1.82) is 0 Å². The maximum atomic E-state index is 11.3. The summed E-state index contributed by atoms with van der Waals surface area (Å²) in [5.41, 5.74) is 5.13. The van der Waals surface area contributed by atoms with Crippen LogP contribution in [0.4, 0.5) is 0 Å². The van der Waals surface area contributed by atoms with Crippen molar-refractivity contribution >= 4 is 27.2 Å². The first-order chi connectivity index (χ1) is 6.89. The zero-order valence-corrected chi connectivity index (χ0v) is 9.68. The molecule has 0 fully saturated rings. The van der Waals surface area contributed by atoms with Crippen LogP contribution >= 0.6 is 12.2 Å². The summed E-state index contributed by atoms with van der Waals surface area (Å²) >= 11 is 4.50. The van der Waals surface area contributed by atoms with Crippen LogP contribution in [0.25, 0.3) is 0 Å². The van der Waals surface area contributed by atoms with E-state index in [1.807, 2.05) is 0 Å². The molecule has 15 heavy (non-hydrogen) atoms. The molecule has 0 bridgehead atoms. The Morgan fingerprint density at radius 2 is 2.40 bits per heavy atom. The lowest BCUT2D eigenvalue weighted by Crippen LogP contribution is -2.32. The summed E-state index contributed by atoms with van der Waals surface area (Å²) in [6, 6.07) is 0. The number of thiocarbonyl (C=S) groups is 1. The zero-order valence-electron chi connectivity index (χ0n) is 8.04. The van der Waals surface area contributed by atoms with Crippen LogP contribution in [0.3, 0.4) is 0 Å². The molecule has 3 N–H and O–H groups in total. The van der Waals surface area contributed by atoms with E-state index < -0.39 is 10.0 Å². The smallest absolute Gasteiger partial charge is 0.218 e. The number of hydrogen-bond donors (Lipinski definition) is 2. The van der Waals surface area contributed by atoms with Crippen molar-refractivity contribution in [2.75, 3.05) is 5.75 Å². The maximum absolute atomic E-state index is 11.3. The molecule has 0 saturated heterocycles. The van der Waals surface area contributed by atoms with Crippen molar-refractivity contribution < 1.29 is 8.42 Å². The summed E-state index contributed by atoms with van der Waals surface area (Å²) in [6.45, 7) is 0.0335. The van der Waals surface area contributed by atoms with Gasteiger partial charge in [-0.2, -0.15) is 5.10 Å². The van der Waals surface area contributed by atoms with Gasteiger partial charge < -0.3 is 5.73 Å². The van der Waals surface area contributed by atoms with Gasteiger partial charge in [-0.25, -0.2) is 18.1 Å². The monoisotopic (exact) mass is 249 g/mol. The summed E-state index contributed by atoms with van der Waals surface area (Å²) in [5, 5.41) is 3.91. The molecule has 0 aliphatic rings. The third-order valence-corrected chi connectivity index (χ3v) is 3.03. The number of nitrogens with zero attached hydrogens (tertiary/aromatic N) is 3. The van der Waals surface area contributed by atoms with E-state index in [0.717, 1.165) is 0 Å². The molecule has 0 amide bonds. The molecule has 0 aliphatic carbocycles. The predicted molar refractivity (Wildman–Crippen MR) is 58.4 cm³/mol. The zero-order chi connectivity index (χ0) is 11.5. The minimum atomic E-state index is -3.48. The molecule has 1 aromatic heterocycles. The Labute approximate surface area is 92.7 Å². The van der Waals surface area contributed by atoms with Crippen LogP contribution in [0.2, 0.25) is 0 Å². The van der Waals surface area contributed by atoms with Crippen molar-refractivity contribution in [3.8, 4) is 0 Å². The fourth-order valence-corrected chi connectivity index (χ4v) is 2.17. The Bertz CT molecular complexity index is 452. The lowest BCUT2D eigenvalue weighted by atomic mass is 10.6. The molecule has 0 spiro atoms. The molecule has 0 aromatic carbocycles. The summed E-state index contributed by atoms with van der Waals surface area (Å²) in [5.74, 6) is 0.0267. The minimum absolute atomic E-state index is 0.0335. The Morgan fingerprint density at radius 1 is 1.73 bits per heavy atom. The minimum Gasteiger partial charge on any atom is -0.392 e. The summed E-state index contributed by atoms with van der Waals surface area (Å²) in [6.07, 6.45) is 1.48. The Morgan fingerprint density at radius 3 is 2.87 bits per heavy atom. The van der Waals surface area contributed by atoms with Gasteiger partial charge in [0.05, 0.1) is 11.5 Å². The highest BCUT2D eigenvalue weighted by molar-refractivity contribution is 7.92. The molecule has 0 atom stereocenters. The van der Waals surface area contributed by atoms with Crippen LogP contribution in [-0.4, -0.2) is 33.9 Å². The second-order valence-corrected chi connectivity index (χ2v) is 5.21. The third-order valence-electron chi connectivity index (χ3n) is 1.43. The highest BCUT2D eigenvalue weighted by Gasteiger charge is 2.12.